The van der Waals surface area contributed by atoms with E-state index in [9.17, 15) is 27.9 Å². The second-order valence-corrected chi connectivity index (χ2v) is 7.49. The van der Waals surface area contributed by atoms with Crippen LogP contribution in [0.1, 0.15) is 40.9 Å². The van der Waals surface area contributed by atoms with Crippen LogP contribution >= 0.6 is 0 Å². The van der Waals surface area contributed by atoms with Crippen molar-refractivity contribution in [2.45, 2.75) is 19.4 Å². The first-order chi connectivity index (χ1) is 15.7. The summed E-state index contributed by atoms with van der Waals surface area (Å²) >= 11 is 0. The number of alkyl halides is 2. The van der Waals surface area contributed by atoms with Gasteiger partial charge < -0.3 is 14.8 Å². The van der Waals surface area contributed by atoms with Gasteiger partial charge in [0.05, 0.1) is 17.0 Å². The average molecular weight is 453 g/mol. The normalized spacial score (nSPS) is 12.2. The fourth-order valence-electron chi connectivity index (χ4n) is 3.65. The number of aromatic carboxylic acids is 1. The zero-order valence-corrected chi connectivity index (χ0v) is 17.3. The van der Waals surface area contributed by atoms with Crippen molar-refractivity contribution in [1.82, 2.24) is 0 Å². The number of carbonyl (C=O) groups is 1. The zero-order valence-electron chi connectivity index (χ0n) is 17.3. The summed E-state index contributed by atoms with van der Waals surface area (Å²) in [5.74, 6) is -1.75. The fraction of sp³-hybridized carbons (Fsp3) is 0.120. The van der Waals surface area contributed by atoms with E-state index >= 15 is 0 Å². The molecule has 0 aliphatic rings. The summed E-state index contributed by atoms with van der Waals surface area (Å²) in [6, 6.07) is 14.4. The molecule has 0 aliphatic carbocycles. The lowest BCUT2D eigenvalue weighted by Gasteiger charge is -2.19. The smallest absolute Gasteiger partial charge is 0.337 e. The fourth-order valence-corrected chi connectivity index (χ4v) is 3.65. The highest BCUT2D eigenvalue weighted by Crippen LogP contribution is 2.32. The molecule has 5 nitrogen and oxygen atoms in total. The van der Waals surface area contributed by atoms with Crippen molar-refractivity contribution in [2.24, 2.45) is 0 Å². The van der Waals surface area contributed by atoms with Gasteiger partial charge in [0.15, 0.2) is 5.43 Å². The molecule has 3 aromatic carbocycles. The Morgan fingerprint density at radius 1 is 1.03 bits per heavy atom. The van der Waals surface area contributed by atoms with Gasteiger partial charge >= 0.3 is 5.97 Å². The summed E-state index contributed by atoms with van der Waals surface area (Å²) in [4.78, 5) is 24.3. The Bertz CT molecular complexity index is 1410. The van der Waals surface area contributed by atoms with Gasteiger partial charge in [-0.3, -0.25) is 4.79 Å². The van der Waals surface area contributed by atoms with E-state index < -0.39 is 29.7 Å². The maximum absolute atomic E-state index is 14.4. The number of carboxylic acids is 1. The summed E-state index contributed by atoms with van der Waals surface area (Å²) in [6.07, 6.45) is -2.69. The molecular formula is C25H18F3NO4. The molecule has 33 heavy (non-hydrogen) atoms. The Labute approximate surface area is 186 Å². The van der Waals surface area contributed by atoms with Crippen molar-refractivity contribution in [3.05, 3.63) is 99.5 Å². The van der Waals surface area contributed by atoms with Crippen LogP contribution in [0.4, 0.5) is 18.9 Å². The lowest BCUT2D eigenvalue weighted by Crippen LogP contribution is -2.12. The van der Waals surface area contributed by atoms with Crippen LogP contribution in [-0.2, 0) is 0 Å². The largest absolute Gasteiger partial charge is 0.478 e. The highest BCUT2D eigenvalue weighted by molar-refractivity contribution is 5.94. The predicted molar refractivity (Wildman–Crippen MR) is 118 cm³/mol. The number of hydrogen-bond acceptors (Lipinski definition) is 4. The molecule has 8 heteroatoms. The van der Waals surface area contributed by atoms with E-state index in [1.165, 1.54) is 36.4 Å². The summed E-state index contributed by atoms with van der Waals surface area (Å²) in [5.41, 5.74) is 0.193. The van der Waals surface area contributed by atoms with E-state index in [4.69, 9.17) is 4.42 Å². The second-order valence-electron chi connectivity index (χ2n) is 7.49. The molecule has 1 unspecified atom stereocenters. The molecule has 0 radical (unpaired) electrons. The summed E-state index contributed by atoms with van der Waals surface area (Å²) in [7, 11) is 0. The SMILES string of the molecule is CC(Nc1ccccc1C(=O)O)c1cc(F)cc2c(=O)cc(-c3cccc(C(F)F)c3)oc12. The van der Waals surface area contributed by atoms with E-state index in [0.717, 1.165) is 12.1 Å². The molecule has 4 rings (SSSR count). The minimum Gasteiger partial charge on any atom is -0.478 e. The highest BCUT2D eigenvalue weighted by Gasteiger charge is 2.19. The monoisotopic (exact) mass is 453 g/mol. The number of fused-ring (bicyclic) bond motifs is 1. The molecular weight excluding hydrogens is 435 g/mol. The summed E-state index contributed by atoms with van der Waals surface area (Å²) in [5, 5.41) is 12.4. The first-order valence-electron chi connectivity index (χ1n) is 9.99. The van der Waals surface area contributed by atoms with Crippen molar-refractivity contribution >= 4 is 22.6 Å². The zero-order chi connectivity index (χ0) is 23.7. The maximum atomic E-state index is 14.4. The van der Waals surface area contributed by atoms with Gasteiger partial charge in [-0.1, -0.05) is 30.3 Å². The van der Waals surface area contributed by atoms with Gasteiger partial charge in [-0.15, -0.1) is 0 Å². The van der Waals surface area contributed by atoms with Crippen LogP contribution in [0.5, 0.6) is 0 Å². The highest BCUT2D eigenvalue weighted by atomic mass is 19.3. The number of carboxylic acid groups (broad SMARTS) is 1. The Kier molecular flexibility index (Phi) is 5.91. The topological polar surface area (TPSA) is 79.5 Å². The molecule has 4 aromatic rings. The van der Waals surface area contributed by atoms with Crippen LogP contribution in [0, 0.1) is 5.82 Å². The number of anilines is 1. The van der Waals surface area contributed by atoms with E-state index in [1.54, 1.807) is 25.1 Å². The van der Waals surface area contributed by atoms with Crippen molar-refractivity contribution in [3.63, 3.8) is 0 Å². The lowest BCUT2D eigenvalue weighted by molar-refractivity contribution is 0.0698. The number of rotatable bonds is 6. The molecule has 2 N–H and O–H groups in total. The minimum atomic E-state index is -2.69. The molecule has 1 heterocycles. The molecule has 0 spiro atoms. The number of nitrogens with one attached hydrogen (secondary N) is 1. The maximum Gasteiger partial charge on any atom is 0.337 e. The quantitative estimate of drug-likeness (QED) is 0.353. The average Bonchev–Trinajstić information content (AvgIpc) is 2.79. The van der Waals surface area contributed by atoms with Crippen LogP contribution in [0.25, 0.3) is 22.3 Å². The molecule has 0 fully saturated rings. The van der Waals surface area contributed by atoms with Crippen LogP contribution in [0.3, 0.4) is 0 Å². The van der Waals surface area contributed by atoms with E-state index in [1.807, 2.05) is 0 Å². The third kappa shape index (κ3) is 4.45. The minimum absolute atomic E-state index is 0.0149. The molecule has 0 saturated heterocycles. The van der Waals surface area contributed by atoms with Crippen molar-refractivity contribution in [1.29, 1.82) is 0 Å². The van der Waals surface area contributed by atoms with Gasteiger partial charge in [-0.05, 0) is 37.3 Å². The van der Waals surface area contributed by atoms with Crippen molar-refractivity contribution in [3.8, 4) is 11.3 Å². The molecule has 1 aromatic heterocycles. The summed E-state index contributed by atoms with van der Waals surface area (Å²) in [6.45, 7) is 1.66. The standard InChI is InChI=1S/C25H18F3NO4/c1-13(29-20-8-3-2-7-17(20)25(31)32)18-10-16(26)11-19-21(30)12-22(33-23(18)19)14-5-4-6-15(9-14)24(27)28/h2-13,24,29H,1H3,(H,31,32). The molecule has 0 bridgehead atoms. The van der Waals surface area contributed by atoms with Crippen LogP contribution in [0.15, 0.2) is 75.9 Å². The van der Waals surface area contributed by atoms with E-state index in [-0.39, 0.29) is 39.0 Å². The molecule has 168 valence electrons. The predicted octanol–water partition coefficient (Wildman–Crippen LogP) is 6.41. The van der Waals surface area contributed by atoms with Gasteiger partial charge in [-0.25, -0.2) is 18.0 Å². The first kappa shape index (κ1) is 22.1. The number of hydrogen-bond donors (Lipinski definition) is 2. The Morgan fingerprint density at radius 3 is 2.52 bits per heavy atom. The summed E-state index contributed by atoms with van der Waals surface area (Å²) < 4.78 is 46.5. The van der Waals surface area contributed by atoms with E-state index in [0.29, 0.717) is 5.69 Å². The van der Waals surface area contributed by atoms with Crippen molar-refractivity contribution < 1.29 is 27.5 Å². The third-order valence-electron chi connectivity index (χ3n) is 5.24. The third-order valence-corrected chi connectivity index (χ3v) is 5.24. The Morgan fingerprint density at radius 2 is 1.79 bits per heavy atom. The van der Waals surface area contributed by atoms with Crippen LogP contribution in [0.2, 0.25) is 0 Å². The second kappa shape index (κ2) is 8.82. The number of halogens is 3. The molecule has 0 amide bonds. The van der Waals surface area contributed by atoms with Gasteiger partial charge in [0.2, 0.25) is 0 Å². The number of para-hydroxylation sites is 1. The number of benzene rings is 3. The van der Waals surface area contributed by atoms with Crippen LogP contribution < -0.4 is 10.7 Å². The molecule has 0 aliphatic heterocycles. The van der Waals surface area contributed by atoms with Gasteiger partial charge in [0, 0.05) is 28.4 Å². The van der Waals surface area contributed by atoms with E-state index in [2.05, 4.69) is 5.32 Å². The van der Waals surface area contributed by atoms with Crippen LogP contribution in [-0.4, -0.2) is 11.1 Å². The van der Waals surface area contributed by atoms with Gasteiger partial charge in [0.25, 0.3) is 6.43 Å². The first-order valence-corrected chi connectivity index (χ1v) is 9.99. The Hall–Kier alpha value is -4.07. The lowest BCUT2D eigenvalue weighted by atomic mass is 10.0. The molecule has 1 atom stereocenters. The van der Waals surface area contributed by atoms with Crippen molar-refractivity contribution in [2.75, 3.05) is 5.32 Å². The van der Waals surface area contributed by atoms with Gasteiger partial charge in [0.1, 0.15) is 17.2 Å². The Balaban J connectivity index is 1.84. The van der Waals surface area contributed by atoms with Gasteiger partial charge in [-0.2, -0.15) is 0 Å². The molecule has 0 saturated carbocycles.